The van der Waals surface area contributed by atoms with E-state index in [2.05, 4.69) is 15.5 Å². The highest BCUT2D eigenvalue weighted by Crippen LogP contribution is 2.18. The van der Waals surface area contributed by atoms with Crippen molar-refractivity contribution in [2.45, 2.75) is 13.0 Å². The number of benzene rings is 3. The minimum Gasteiger partial charge on any atom is -0.489 e. The third kappa shape index (κ3) is 5.71. The summed E-state index contributed by atoms with van der Waals surface area (Å²) < 4.78 is 11.0. The largest absolute Gasteiger partial charge is 0.489 e. The molecule has 0 aliphatic rings. The van der Waals surface area contributed by atoms with Crippen molar-refractivity contribution in [1.29, 1.82) is 0 Å². The first-order chi connectivity index (χ1) is 15.2. The van der Waals surface area contributed by atoms with Crippen LogP contribution in [-0.2, 0) is 13.0 Å². The number of hydrogen-bond donors (Lipinski definition) is 1. The summed E-state index contributed by atoms with van der Waals surface area (Å²) in [6.45, 7) is 0.832. The van der Waals surface area contributed by atoms with Crippen molar-refractivity contribution in [2.24, 2.45) is 0 Å². The molecule has 0 atom stereocenters. The number of carbonyl (C=O) groups excluding carboxylic acids is 1. The molecule has 0 fully saturated rings. The highest BCUT2D eigenvalue weighted by Gasteiger charge is 2.10. The lowest BCUT2D eigenvalue weighted by Crippen LogP contribution is -2.25. The number of amides is 1. The molecule has 0 aliphatic carbocycles. The van der Waals surface area contributed by atoms with Crippen molar-refractivity contribution in [3.63, 3.8) is 0 Å². The number of nitrogens with one attached hydrogen (secondary N) is 1. The minimum absolute atomic E-state index is 0.159. The Bertz CT molecular complexity index is 1130. The Labute approximate surface area is 184 Å². The van der Waals surface area contributed by atoms with E-state index in [1.165, 1.54) is 0 Å². The molecule has 7 heteroatoms. The number of ether oxygens (including phenoxy) is 1. The first-order valence-electron chi connectivity index (χ1n) is 9.81. The van der Waals surface area contributed by atoms with Gasteiger partial charge in [0.1, 0.15) is 12.4 Å². The molecule has 1 amide bonds. The quantitative estimate of drug-likeness (QED) is 0.425. The van der Waals surface area contributed by atoms with Crippen LogP contribution in [0.1, 0.15) is 21.8 Å². The second kappa shape index (κ2) is 9.91. The monoisotopic (exact) mass is 433 g/mol. The lowest BCUT2D eigenvalue weighted by molar-refractivity contribution is 0.0953. The van der Waals surface area contributed by atoms with Gasteiger partial charge in [-0.1, -0.05) is 47.1 Å². The van der Waals surface area contributed by atoms with Crippen molar-refractivity contribution in [3.8, 4) is 17.1 Å². The maximum absolute atomic E-state index is 12.4. The van der Waals surface area contributed by atoms with Crippen LogP contribution in [0.25, 0.3) is 11.4 Å². The molecule has 4 aromatic rings. The van der Waals surface area contributed by atoms with E-state index in [0.717, 1.165) is 16.9 Å². The summed E-state index contributed by atoms with van der Waals surface area (Å²) in [5.41, 5.74) is 2.39. The Kier molecular flexibility index (Phi) is 6.59. The molecule has 0 saturated carbocycles. The van der Waals surface area contributed by atoms with Crippen molar-refractivity contribution in [3.05, 3.63) is 101 Å². The standard InChI is InChI=1S/C24H20ClN3O3/c25-20-12-10-18(11-13-20)23-27-22(31-28-23)14-15-26-24(29)19-8-6-17(7-9-19)16-30-21-4-2-1-3-5-21/h1-13H,14-16H2,(H,26,29). The van der Waals surface area contributed by atoms with Crippen LogP contribution in [0.3, 0.4) is 0 Å². The Morgan fingerprint density at radius 1 is 0.968 bits per heavy atom. The third-order valence-corrected chi connectivity index (χ3v) is 4.81. The second-order valence-electron chi connectivity index (χ2n) is 6.82. The van der Waals surface area contributed by atoms with Gasteiger partial charge in [0.05, 0.1) is 0 Å². The van der Waals surface area contributed by atoms with Gasteiger partial charge >= 0.3 is 0 Å². The van der Waals surface area contributed by atoms with E-state index in [1.54, 1.807) is 24.3 Å². The van der Waals surface area contributed by atoms with E-state index < -0.39 is 0 Å². The van der Waals surface area contributed by atoms with E-state index in [0.29, 0.717) is 41.9 Å². The van der Waals surface area contributed by atoms with Crippen LogP contribution in [0.2, 0.25) is 5.02 Å². The molecular formula is C24H20ClN3O3. The fourth-order valence-corrected chi connectivity index (χ4v) is 3.02. The molecule has 0 saturated heterocycles. The zero-order chi connectivity index (χ0) is 21.5. The number of nitrogens with zero attached hydrogens (tertiary/aromatic N) is 2. The molecule has 1 N–H and O–H groups in total. The normalized spacial score (nSPS) is 10.6. The van der Waals surface area contributed by atoms with Gasteiger partial charge in [-0.15, -0.1) is 0 Å². The fourth-order valence-electron chi connectivity index (χ4n) is 2.89. The maximum atomic E-state index is 12.4. The molecular weight excluding hydrogens is 414 g/mol. The predicted octanol–water partition coefficient (Wildman–Crippen LogP) is 4.94. The number of para-hydroxylation sites is 1. The average molecular weight is 434 g/mol. The molecule has 1 aromatic heterocycles. The average Bonchev–Trinajstić information content (AvgIpc) is 3.28. The van der Waals surface area contributed by atoms with Gasteiger partial charge in [0.2, 0.25) is 11.7 Å². The lowest BCUT2D eigenvalue weighted by atomic mass is 10.1. The maximum Gasteiger partial charge on any atom is 0.251 e. The molecule has 0 aliphatic heterocycles. The summed E-state index contributed by atoms with van der Waals surface area (Å²) in [6.07, 6.45) is 0.440. The number of carbonyl (C=O) groups is 1. The van der Waals surface area contributed by atoms with Gasteiger partial charge in [-0.25, -0.2) is 0 Å². The SMILES string of the molecule is O=C(NCCc1nc(-c2ccc(Cl)cc2)no1)c1ccc(COc2ccccc2)cc1. The molecule has 3 aromatic carbocycles. The zero-order valence-corrected chi connectivity index (χ0v) is 17.4. The molecule has 31 heavy (non-hydrogen) atoms. The molecule has 4 rings (SSSR count). The van der Waals surface area contributed by atoms with Gasteiger partial charge in [-0.3, -0.25) is 4.79 Å². The molecule has 0 spiro atoms. The van der Waals surface area contributed by atoms with Crippen molar-refractivity contribution in [2.75, 3.05) is 6.54 Å². The van der Waals surface area contributed by atoms with Crippen molar-refractivity contribution >= 4 is 17.5 Å². The number of halogens is 1. The van der Waals surface area contributed by atoms with Crippen LogP contribution in [0.5, 0.6) is 5.75 Å². The van der Waals surface area contributed by atoms with Gasteiger partial charge in [0.15, 0.2) is 0 Å². The Hall–Kier alpha value is -3.64. The van der Waals surface area contributed by atoms with Crippen molar-refractivity contribution in [1.82, 2.24) is 15.5 Å². The van der Waals surface area contributed by atoms with Crippen LogP contribution in [-0.4, -0.2) is 22.6 Å². The van der Waals surface area contributed by atoms with Gasteiger partial charge in [-0.05, 0) is 54.1 Å². The van der Waals surface area contributed by atoms with Gasteiger partial charge in [0.25, 0.3) is 5.91 Å². The third-order valence-electron chi connectivity index (χ3n) is 4.56. The van der Waals surface area contributed by atoms with Crippen LogP contribution >= 0.6 is 11.6 Å². The topological polar surface area (TPSA) is 77.3 Å². The number of hydrogen-bond acceptors (Lipinski definition) is 5. The molecule has 1 heterocycles. The second-order valence-corrected chi connectivity index (χ2v) is 7.26. The molecule has 156 valence electrons. The smallest absolute Gasteiger partial charge is 0.251 e. The van der Waals surface area contributed by atoms with Crippen LogP contribution in [0.15, 0.2) is 83.4 Å². The Morgan fingerprint density at radius 2 is 1.71 bits per heavy atom. The zero-order valence-electron chi connectivity index (χ0n) is 16.6. The summed E-state index contributed by atoms with van der Waals surface area (Å²) >= 11 is 5.89. The Morgan fingerprint density at radius 3 is 2.45 bits per heavy atom. The highest BCUT2D eigenvalue weighted by atomic mass is 35.5. The summed E-state index contributed by atoms with van der Waals surface area (Å²) in [4.78, 5) is 16.7. The van der Waals surface area contributed by atoms with Crippen molar-refractivity contribution < 1.29 is 14.1 Å². The van der Waals surface area contributed by atoms with Gasteiger partial charge < -0.3 is 14.6 Å². The van der Waals surface area contributed by atoms with Crippen LogP contribution in [0, 0.1) is 0 Å². The first kappa shape index (κ1) is 20.6. The lowest BCUT2D eigenvalue weighted by Gasteiger charge is -2.07. The predicted molar refractivity (Wildman–Crippen MR) is 118 cm³/mol. The Balaban J connectivity index is 1.25. The molecule has 0 bridgehead atoms. The van der Waals surface area contributed by atoms with Gasteiger partial charge in [-0.2, -0.15) is 4.98 Å². The highest BCUT2D eigenvalue weighted by molar-refractivity contribution is 6.30. The summed E-state index contributed by atoms with van der Waals surface area (Å²) in [7, 11) is 0. The van der Waals surface area contributed by atoms with Gasteiger partial charge in [0, 0.05) is 29.1 Å². The molecule has 0 radical (unpaired) electrons. The van der Waals surface area contributed by atoms with E-state index >= 15 is 0 Å². The summed E-state index contributed by atoms with van der Waals surface area (Å²) in [5, 5.41) is 7.48. The van der Waals surface area contributed by atoms with E-state index in [1.807, 2.05) is 54.6 Å². The van der Waals surface area contributed by atoms with E-state index in [-0.39, 0.29) is 5.91 Å². The van der Waals surface area contributed by atoms with E-state index in [4.69, 9.17) is 20.9 Å². The minimum atomic E-state index is -0.159. The molecule has 6 nitrogen and oxygen atoms in total. The molecule has 0 unspecified atom stereocenters. The number of rotatable bonds is 8. The first-order valence-corrected chi connectivity index (χ1v) is 10.2. The number of aromatic nitrogens is 2. The summed E-state index contributed by atoms with van der Waals surface area (Å²) in [6, 6.07) is 24.1. The van der Waals surface area contributed by atoms with Crippen LogP contribution < -0.4 is 10.1 Å². The summed E-state index contributed by atoms with van der Waals surface area (Å²) in [5.74, 6) is 1.60. The van der Waals surface area contributed by atoms with E-state index in [9.17, 15) is 4.79 Å². The van der Waals surface area contributed by atoms with Crippen LogP contribution in [0.4, 0.5) is 0 Å². The fraction of sp³-hybridized carbons (Fsp3) is 0.125.